The SMILES string of the molecule is COc1ccc(NC2=C(c3cccs3)C(=O)N(CCOC(C)C)C2=O)cc1Cl. The van der Waals surface area contributed by atoms with Crippen molar-refractivity contribution >= 4 is 46.0 Å². The number of nitrogens with one attached hydrogen (secondary N) is 1. The Balaban J connectivity index is 1.91. The smallest absolute Gasteiger partial charge is 0.278 e. The van der Waals surface area contributed by atoms with Crippen LogP contribution in [0.2, 0.25) is 5.02 Å². The molecule has 0 bridgehead atoms. The second kappa shape index (κ2) is 8.77. The highest BCUT2D eigenvalue weighted by Gasteiger charge is 2.39. The molecule has 6 nitrogen and oxygen atoms in total. The Morgan fingerprint density at radius 3 is 2.61 bits per heavy atom. The van der Waals surface area contributed by atoms with Gasteiger partial charge in [-0.15, -0.1) is 11.3 Å². The van der Waals surface area contributed by atoms with Crippen molar-refractivity contribution in [1.29, 1.82) is 0 Å². The van der Waals surface area contributed by atoms with Crippen LogP contribution in [0.4, 0.5) is 5.69 Å². The van der Waals surface area contributed by atoms with Crippen molar-refractivity contribution in [3.05, 3.63) is 51.3 Å². The largest absolute Gasteiger partial charge is 0.495 e. The lowest BCUT2D eigenvalue weighted by Gasteiger charge is -2.16. The van der Waals surface area contributed by atoms with Gasteiger partial charge in [0, 0.05) is 10.6 Å². The van der Waals surface area contributed by atoms with Crippen molar-refractivity contribution in [3.63, 3.8) is 0 Å². The quantitative estimate of drug-likeness (QED) is 0.653. The normalized spacial score (nSPS) is 14.4. The number of imide groups is 1. The molecule has 0 atom stereocenters. The average molecular weight is 421 g/mol. The summed E-state index contributed by atoms with van der Waals surface area (Å²) >= 11 is 7.59. The first-order valence-corrected chi connectivity index (χ1v) is 10.0. The van der Waals surface area contributed by atoms with Gasteiger partial charge in [-0.2, -0.15) is 0 Å². The molecule has 28 heavy (non-hydrogen) atoms. The van der Waals surface area contributed by atoms with Crippen molar-refractivity contribution in [2.75, 3.05) is 25.6 Å². The summed E-state index contributed by atoms with van der Waals surface area (Å²) in [6.07, 6.45) is 0.0246. The molecule has 0 unspecified atom stereocenters. The number of nitrogens with zero attached hydrogens (tertiary/aromatic N) is 1. The Labute approximate surface area is 172 Å². The molecule has 1 aliphatic rings. The molecular weight excluding hydrogens is 400 g/mol. The van der Waals surface area contributed by atoms with Gasteiger partial charge in [-0.05, 0) is 43.5 Å². The van der Waals surface area contributed by atoms with E-state index in [9.17, 15) is 9.59 Å². The second-order valence-electron chi connectivity index (χ2n) is 6.38. The Morgan fingerprint density at radius 1 is 1.21 bits per heavy atom. The number of halogens is 1. The summed E-state index contributed by atoms with van der Waals surface area (Å²) in [5.41, 5.74) is 1.19. The standard InChI is InChI=1S/C20H21ClN2O4S/c1-12(2)27-9-8-23-19(24)17(16-5-4-10-28-16)18(20(23)25)22-13-6-7-15(26-3)14(21)11-13/h4-7,10-12,22H,8-9H2,1-3H3. The summed E-state index contributed by atoms with van der Waals surface area (Å²) in [7, 11) is 1.53. The zero-order valence-electron chi connectivity index (χ0n) is 15.8. The number of thiophene rings is 1. The minimum Gasteiger partial charge on any atom is -0.495 e. The van der Waals surface area contributed by atoms with E-state index in [1.807, 2.05) is 31.4 Å². The molecular formula is C20H21ClN2O4S. The third-order valence-electron chi connectivity index (χ3n) is 4.12. The van der Waals surface area contributed by atoms with E-state index in [1.165, 1.54) is 23.3 Å². The second-order valence-corrected chi connectivity index (χ2v) is 7.74. The van der Waals surface area contributed by atoms with Crippen LogP contribution in [0.5, 0.6) is 5.75 Å². The molecule has 0 radical (unpaired) electrons. The van der Waals surface area contributed by atoms with Gasteiger partial charge in [0.2, 0.25) is 0 Å². The van der Waals surface area contributed by atoms with Gasteiger partial charge in [-0.3, -0.25) is 14.5 Å². The number of carbonyl (C=O) groups is 2. The molecule has 1 aromatic heterocycles. The summed E-state index contributed by atoms with van der Waals surface area (Å²) < 4.78 is 10.7. The molecule has 1 aromatic carbocycles. The van der Waals surface area contributed by atoms with Crippen LogP contribution < -0.4 is 10.1 Å². The lowest BCUT2D eigenvalue weighted by Crippen LogP contribution is -2.35. The number of ether oxygens (including phenoxy) is 2. The zero-order valence-corrected chi connectivity index (χ0v) is 17.4. The van der Waals surface area contributed by atoms with Gasteiger partial charge >= 0.3 is 0 Å². The van der Waals surface area contributed by atoms with Crippen molar-refractivity contribution in [3.8, 4) is 5.75 Å². The maximum atomic E-state index is 13.0. The van der Waals surface area contributed by atoms with E-state index in [-0.39, 0.29) is 36.8 Å². The highest BCUT2D eigenvalue weighted by molar-refractivity contribution is 7.11. The number of anilines is 1. The molecule has 3 rings (SSSR count). The van der Waals surface area contributed by atoms with Gasteiger partial charge in [0.1, 0.15) is 11.4 Å². The van der Waals surface area contributed by atoms with E-state index in [4.69, 9.17) is 21.1 Å². The van der Waals surface area contributed by atoms with Gasteiger partial charge in [-0.25, -0.2) is 0 Å². The summed E-state index contributed by atoms with van der Waals surface area (Å²) in [5, 5.41) is 5.35. The van der Waals surface area contributed by atoms with E-state index in [0.717, 1.165) is 4.88 Å². The fourth-order valence-corrected chi connectivity index (χ4v) is 3.84. The van der Waals surface area contributed by atoms with Crippen LogP contribution >= 0.6 is 22.9 Å². The average Bonchev–Trinajstić information content (AvgIpc) is 3.24. The number of benzene rings is 1. The number of amides is 2. The molecule has 0 fully saturated rings. The van der Waals surface area contributed by atoms with E-state index >= 15 is 0 Å². The first-order chi connectivity index (χ1) is 13.4. The molecule has 0 spiro atoms. The summed E-state index contributed by atoms with van der Waals surface area (Å²) in [5.74, 6) is -0.185. The van der Waals surface area contributed by atoms with E-state index in [1.54, 1.807) is 18.2 Å². The fourth-order valence-electron chi connectivity index (χ4n) is 2.81. The number of methoxy groups -OCH3 is 1. The maximum absolute atomic E-state index is 13.0. The van der Waals surface area contributed by atoms with Gasteiger partial charge < -0.3 is 14.8 Å². The Kier molecular flexibility index (Phi) is 6.39. The Hall–Kier alpha value is -2.35. The summed E-state index contributed by atoms with van der Waals surface area (Å²) in [6, 6.07) is 8.76. The van der Waals surface area contributed by atoms with Crippen LogP contribution in [0.25, 0.3) is 5.57 Å². The van der Waals surface area contributed by atoms with Crippen molar-refractivity contribution in [1.82, 2.24) is 4.90 Å². The molecule has 148 valence electrons. The monoisotopic (exact) mass is 420 g/mol. The Bertz CT molecular complexity index is 909. The predicted octanol–water partition coefficient (Wildman–Crippen LogP) is 4.03. The van der Waals surface area contributed by atoms with Gasteiger partial charge in [0.15, 0.2) is 0 Å². The number of rotatable bonds is 8. The first kappa shape index (κ1) is 20.4. The molecule has 2 aromatic rings. The lowest BCUT2D eigenvalue weighted by atomic mass is 10.2. The highest BCUT2D eigenvalue weighted by Crippen LogP contribution is 2.34. The third-order valence-corrected chi connectivity index (χ3v) is 5.31. The molecule has 2 amide bonds. The van der Waals surface area contributed by atoms with Crippen LogP contribution in [0.1, 0.15) is 18.7 Å². The molecule has 2 heterocycles. The minimum absolute atomic E-state index is 0.0246. The van der Waals surface area contributed by atoms with Gasteiger partial charge in [-0.1, -0.05) is 17.7 Å². The van der Waals surface area contributed by atoms with Crippen LogP contribution in [0, 0.1) is 0 Å². The fraction of sp³-hybridized carbons (Fsp3) is 0.300. The minimum atomic E-state index is -0.382. The highest BCUT2D eigenvalue weighted by atomic mass is 35.5. The Morgan fingerprint density at radius 2 is 2.00 bits per heavy atom. The number of hydrogen-bond donors (Lipinski definition) is 1. The summed E-state index contributed by atoms with van der Waals surface area (Å²) in [4.78, 5) is 27.9. The van der Waals surface area contributed by atoms with Crippen LogP contribution in [-0.4, -0.2) is 43.1 Å². The summed E-state index contributed by atoms with van der Waals surface area (Å²) in [6.45, 7) is 4.29. The first-order valence-electron chi connectivity index (χ1n) is 8.79. The van der Waals surface area contributed by atoms with E-state index in [2.05, 4.69) is 5.32 Å². The van der Waals surface area contributed by atoms with Crippen LogP contribution in [0.3, 0.4) is 0 Å². The number of hydrogen-bond acceptors (Lipinski definition) is 6. The van der Waals surface area contributed by atoms with E-state index < -0.39 is 0 Å². The molecule has 8 heteroatoms. The predicted molar refractivity (Wildman–Crippen MR) is 111 cm³/mol. The molecule has 1 aliphatic heterocycles. The van der Waals surface area contributed by atoms with Crippen LogP contribution in [0.15, 0.2) is 41.4 Å². The zero-order chi connectivity index (χ0) is 20.3. The topological polar surface area (TPSA) is 67.9 Å². The van der Waals surface area contributed by atoms with Gasteiger partial charge in [0.25, 0.3) is 11.8 Å². The molecule has 0 aliphatic carbocycles. The maximum Gasteiger partial charge on any atom is 0.278 e. The molecule has 0 saturated heterocycles. The van der Waals surface area contributed by atoms with E-state index in [0.29, 0.717) is 22.0 Å². The molecule has 1 N–H and O–H groups in total. The van der Waals surface area contributed by atoms with Crippen LogP contribution in [-0.2, 0) is 14.3 Å². The van der Waals surface area contributed by atoms with Crippen molar-refractivity contribution in [2.45, 2.75) is 20.0 Å². The molecule has 0 saturated carbocycles. The van der Waals surface area contributed by atoms with Gasteiger partial charge in [0.05, 0.1) is 37.0 Å². The third kappa shape index (κ3) is 4.22. The van der Waals surface area contributed by atoms with Crippen molar-refractivity contribution in [2.24, 2.45) is 0 Å². The van der Waals surface area contributed by atoms with Crippen molar-refractivity contribution < 1.29 is 19.1 Å². The lowest BCUT2D eigenvalue weighted by molar-refractivity contribution is -0.137. The number of carbonyl (C=O) groups excluding carboxylic acids is 2.